The van der Waals surface area contributed by atoms with Crippen LogP contribution in [0.4, 0.5) is 0 Å². The number of hydrogen-bond donors (Lipinski definition) is 1. The molecule has 156 valence electrons. The summed E-state index contributed by atoms with van der Waals surface area (Å²) in [6.45, 7) is 1.80. The van der Waals surface area contributed by atoms with Crippen LogP contribution in [0.3, 0.4) is 0 Å². The first-order valence-corrected chi connectivity index (χ1v) is 11.2. The Morgan fingerprint density at radius 2 is 2.17 bits per heavy atom. The van der Waals surface area contributed by atoms with E-state index in [1.807, 2.05) is 24.3 Å². The summed E-state index contributed by atoms with van der Waals surface area (Å²) in [7, 11) is 1.64. The zero-order valence-corrected chi connectivity index (χ0v) is 17.8. The van der Waals surface area contributed by atoms with Crippen molar-refractivity contribution in [2.24, 2.45) is 0 Å². The summed E-state index contributed by atoms with van der Waals surface area (Å²) in [5.74, 6) is 0.176. The predicted molar refractivity (Wildman–Crippen MR) is 117 cm³/mol. The van der Waals surface area contributed by atoms with Gasteiger partial charge in [-0.1, -0.05) is 35.5 Å². The largest absolute Gasteiger partial charge is 0.385 e. The Hall–Kier alpha value is -2.12. The summed E-state index contributed by atoms with van der Waals surface area (Å²) in [6.07, 6.45) is 8.66. The molecule has 1 aromatic carbocycles. The van der Waals surface area contributed by atoms with Crippen LogP contribution in [0.15, 0.2) is 45.9 Å². The third-order valence-corrected chi connectivity index (χ3v) is 6.02. The molecule has 0 fully saturated rings. The molecule has 0 atom stereocenters. The van der Waals surface area contributed by atoms with Gasteiger partial charge in [0.2, 0.25) is 5.91 Å². The molecule has 29 heavy (non-hydrogen) atoms. The molecule has 3 rings (SSSR count). The van der Waals surface area contributed by atoms with Gasteiger partial charge in [0.25, 0.3) is 5.56 Å². The quantitative estimate of drug-likeness (QED) is 0.278. The smallest absolute Gasteiger partial charge is 0.262 e. The van der Waals surface area contributed by atoms with E-state index in [-0.39, 0.29) is 17.2 Å². The molecule has 0 saturated carbocycles. The SMILES string of the molecule is COCCCNC(=O)CSc1nc2ccccc2c(=O)n1CCC1=CCCCC1. The lowest BCUT2D eigenvalue weighted by molar-refractivity contribution is -0.118. The van der Waals surface area contributed by atoms with Gasteiger partial charge in [-0.05, 0) is 50.7 Å². The number of benzene rings is 1. The fraction of sp³-hybridized carbons (Fsp3) is 0.500. The van der Waals surface area contributed by atoms with E-state index in [1.165, 1.54) is 30.2 Å². The molecule has 2 aromatic rings. The van der Waals surface area contributed by atoms with E-state index in [4.69, 9.17) is 4.74 Å². The number of thioether (sulfide) groups is 1. The molecule has 0 unspecified atom stereocenters. The summed E-state index contributed by atoms with van der Waals surface area (Å²) in [4.78, 5) is 29.9. The molecule has 6 nitrogen and oxygen atoms in total. The van der Waals surface area contributed by atoms with Gasteiger partial charge in [0, 0.05) is 26.8 Å². The van der Waals surface area contributed by atoms with Crippen molar-refractivity contribution < 1.29 is 9.53 Å². The number of para-hydroxylation sites is 1. The lowest BCUT2D eigenvalue weighted by Gasteiger charge is -2.16. The van der Waals surface area contributed by atoms with Crippen LogP contribution in [0, 0.1) is 0 Å². The Balaban J connectivity index is 1.74. The van der Waals surface area contributed by atoms with Gasteiger partial charge in [0.1, 0.15) is 0 Å². The first-order valence-electron chi connectivity index (χ1n) is 10.2. The number of carbonyl (C=O) groups excluding carboxylic acids is 1. The fourth-order valence-electron chi connectivity index (χ4n) is 3.47. The molecule has 7 heteroatoms. The van der Waals surface area contributed by atoms with Crippen molar-refractivity contribution in [3.63, 3.8) is 0 Å². The van der Waals surface area contributed by atoms with Crippen molar-refractivity contribution >= 4 is 28.6 Å². The van der Waals surface area contributed by atoms with Gasteiger partial charge in [-0.3, -0.25) is 14.2 Å². The second-order valence-corrected chi connectivity index (χ2v) is 8.15. The van der Waals surface area contributed by atoms with Crippen LogP contribution in [0.5, 0.6) is 0 Å². The summed E-state index contributed by atoms with van der Waals surface area (Å²) >= 11 is 1.32. The van der Waals surface area contributed by atoms with E-state index in [2.05, 4.69) is 16.4 Å². The van der Waals surface area contributed by atoms with Crippen LogP contribution in [0.25, 0.3) is 10.9 Å². The minimum atomic E-state index is -0.0601. The Morgan fingerprint density at radius 3 is 2.97 bits per heavy atom. The standard InChI is InChI=1S/C22H29N3O3S/c1-28-15-7-13-23-20(26)16-29-22-24-19-11-6-5-10-18(19)21(27)25(22)14-12-17-8-3-2-4-9-17/h5-6,8,10-11H,2-4,7,9,12-16H2,1H3,(H,23,26). The van der Waals surface area contributed by atoms with Crippen LogP contribution in [-0.4, -0.2) is 41.5 Å². The van der Waals surface area contributed by atoms with E-state index in [0.29, 0.717) is 35.8 Å². The predicted octanol–water partition coefficient (Wildman–Crippen LogP) is 3.53. The molecule has 1 amide bonds. The average molecular weight is 416 g/mol. The Morgan fingerprint density at radius 1 is 1.31 bits per heavy atom. The highest BCUT2D eigenvalue weighted by atomic mass is 32.2. The van der Waals surface area contributed by atoms with E-state index in [1.54, 1.807) is 11.7 Å². The second kappa shape index (κ2) is 11.2. The van der Waals surface area contributed by atoms with Gasteiger partial charge in [-0.15, -0.1) is 0 Å². The van der Waals surface area contributed by atoms with Crippen molar-refractivity contribution in [3.05, 3.63) is 46.3 Å². The Kier molecular flexibility index (Phi) is 8.31. The number of nitrogens with one attached hydrogen (secondary N) is 1. The van der Waals surface area contributed by atoms with E-state index in [9.17, 15) is 9.59 Å². The van der Waals surface area contributed by atoms with Crippen LogP contribution in [0.1, 0.15) is 38.5 Å². The first-order chi connectivity index (χ1) is 14.2. The van der Waals surface area contributed by atoms with Crippen molar-refractivity contribution in [1.29, 1.82) is 0 Å². The number of rotatable bonds is 10. The van der Waals surface area contributed by atoms with E-state index < -0.39 is 0 Å². The molecular formula is C22H29N3O3S. The number of hydrogen-bond acceptors (Lipinski definition) is 5. The topological polar surface area (TPSA) is 73.2 Å². The summed E-state index contributed by atoms with van der Waals surface area (Å²) in [6, 6.07) is 7.40. The number of ether oxygens (including phenoxy) is 1. The van der Waals surface area contributed by atoms with Crippen LogP contribution >= 0.6 is 11.8 Å². The van der Waals surface area contributed by atoms with Gasteiger partial charge < -0.3 is 10.1 Å². The number of nitrogens with zero attached hydrogens (tertiary/aromatic N) is 2. The first kappa shape index (κ1) is 21.6. The average Bonchev–Trinajstić information content (AvgIpc) is 2.75. The maximum Gasteiger partial charge on any atom is 0.262 e. The molecule has 1 aliphatic rings. The van der Waals surface area contributed by atoms with Gasteiger partial charge in [-0.2, -0.15) is 0 Å². The minimum Gasteiger partial charge on any atom is -0.385 e. The monoisotopic (exact) mass is 415 g/mol. The molecule has 1 aromatic heterocycles. The lowest BCUT2D eigenvalue weighted by Crippen LogP contribution is -2.28. The lowest BCUT2D eigenvalue weighted by atomic mass is 9.97. The molecule has 0 aliphatic heterocycles. The van der Waals surface area contributed by atoms with Crippen molar-refractivity contribution in [1.82, 2.24) is 14.9 Å². The van der Waals surface area contributed by atoms with Crippen molar-refractivity contribution in [2.75, 3.05) is 26.0 Å². The normalized spacial score (nSPS) is 14.0. The second-order valence-electron chi connectivity index (χ2n) is 7.21. The highest BCUT2D eigenvalue weighted by Gasteiger charge is 2.14. The van der Waals surface area contributed by atoms with Crippen LogP contribution in [0.2, 0.25) is 0 Å². The Bertz CT molecular complexity index is 923. The van der Waals surface area contributed by atoms with Crippen molar-refractivity contribution in [2.45, 2.75) is 50.2 Å². The molecule has 1 N–H and O–H groups in total. The van der Waals surface area contributed by atoms with E-state index >= 15 is 0 Å². The third kappa shape index (κ3) is 6.18. The number of fused-ring (bicyclic) bond motifs is 1. The summed E-state index contributed by atoms with van der Waals surface area (Å²) in [5.41, 5.74) is 2.06. The number of methoxy groups -OCH3 is 1. The molecule has 0 bridgehead atoms. The number of carbonyl (C=O) groups is 1. The number of allylic oxidation sites excluding steroid dienone is 2. The van der Waals surface area contributed by atoms with Crippen LogP contribution < -0.4 is 10.9 Å². The number of aromatic nitrogens is 2. The third-order valence-electron chi connectivity index (χ3n) is 5.05. The zero-order valence-electron chi connectivity index (χ0n) is 17.0. The highest BCUT2D eigenvalue weighted by Crippen LogP contribution is 2.23. The van der Waals surface area contributed by atoms with Crippen molar-refractivity contribution in [3.8, 4) is 0 Å². The van der Waals surface area contributed by atoms with E-state index in [0.717, 1.165) is 25.7 Å². The molecule has 1 heterocycles. The zero-order chi connectivity index (χ0) is 20.5. The maximum atomic E-state index is 13.1. The van der Waals surface area contributed by atoms with Gasteiger partial charge >= 0.3 is 0 Å². The molecule has 0 radical (unpaired) electrons. The molecule has 1 aliphatic carbocycles. The minimum absolute atomic E-state index is 0.0324. The summed E-state index contributed by atoms with van der Waals surface area (Å²) < 4.78 is 6.73. The Labute approximate surface area is 175 Å². The fourth-order valence-corrected chi connectivity index (χ4v) is 4.32. The number of amides is 1. The molecule has 0 spiro atoms. The molecular weight excluding hydrogens is 386 g/mol. The van der Waals surface area contributed by atoms with Gasteiger partial charge in [0.05, 0.1) is 16.7 Å². The van der Waals surface area contributed by atoms with Gasteiger partial charge in [0.15, 0.2) is 5.16 Å². The highest BCUT2D eigenvalue weighted by molar-refractivity contribution is 7.99. The summed E-state index contributed by atoms with van der Waals surface area (Å²) in [5, 5.41) is 4.11. The molecule has 0 saturated heterocycles. The van der Waals surface area contributed by atoms with Crippen LogP contribution in [-0.2, 0) is 16.1 Å². The van der Waals surface area contributed by atoms with Gasteiger partial charge in [-0.25, -0.2) is 4.98 Å². The maximum absolute atomic E-state index is 13.1.